The number of benzene rings is 1. The summed E-state index contributed by atoms with van der Waals surface area (Å²) in [7, 11) is 3.41. The fourth-order valence-corrected chi connectivity index (χ4v) is 1.60. The van der Waals surface area contributed by atoms with Crippen molar-refractivity contribution >= 4 is 17.3 Å². The quantitative estimate of drug-likeness (QED) is 0.621. The molecule has 0 radical (unpaired) electrons. The highest BCUT2D eigenvalue weighted by Crippen LogP contribution is 2.12. The summed E-state index contributed by atoms with van der Waals surface area (Å²) in [6.45, 7) is 0. The van der Waals surface area contributed by atoms with Crippen molar-refractivity contribution in [3.8, 4) is 0 Å². The van der Waals surface area contributed by atoms with Crippen molar-refractivity contribution in [1.29, 1.82) is 0 Å². The van der Waals surface area contributed by atoms with E-state index in [1.165, 1.54) is 4.57 Å². The van der Waals surface area contributed by atoms with Crippen LogP contribution in [0.4, 0.5) is 0 Å². The SMILES string of the molecule is Cn1c(=O)n(C)c2cc(C=O)ccc21. The minimum Gasteiger partial charge on any atom is -0.298 e. The first-order chi connectivity index (χ1) is 6.65. The van der Waals surface area contributed by atoms with Crippen LogP contribution in [0.2, 0.25) is 0 Å². The molecule has 0 N–H and O–H groups in total. The lowest BCUT2D eigenvalue weighted by molar-refractivity contribution is 0.112. The first-order valence-corrected chi connectivity index (χ1v) is 4.26. The summed E-state index contributed by atoms with van der Waals surface area (Å²) in [5.74, 6) is 0. The van der Waals surface area contributed by atoms with Crippen molar-refractivity contribution in [2.24, 2.45) is 14.1 Å². The first-order valence-electron chi connectivity index (χ1n) is 4.26. The molecule has 14 heavy (non-hydrogen) atoms. The largest absolute Gasteiger partial charge is 0.328 e. The number of hydrogen-bond acceptors (Lipinski definition) is 2. The smallest absolute Gasteiger partial charge is 0.298 e. The molecule has 0 aliphatic carbocycles. The van der Waals surface area contributed by atoms with E-state index in [1.807, 2.05) is 0 Å². The maximum atomic E-state index is 11.5. The van der Waals surface area contributed by atoms with Crippen molar-refractivity contribution in [2.75, 3.05) is 0 Å². The predicted molar refractivity (Wildman–Crippen MR) is 53.5 cm³/mol. The van der Waals surface area contributed by atoms with E-state index in [2.05, 4.69) is 0 Å². The molecule has 0 aliphatic heterocycles. The first kappa shape index (κ1) is 8.74. The van der Waals surface area contributed by atoms with E-state index in [1.54, 1.807) is 36.9 Å². The highest BCUT2D eigenvalue weighted by Gasteiger charge is 2.07. The van der Waals surface area contributed by atoms with Crippen molar-refractivity contribution in [2.45, 2.75) is 0 Å². The molecule has 0 amide bonds. The molecule has 0 bridgehead atoms. The minimum atomic E-state index is -0.0805. The van der Waals surface area contributed by atoms with Gasteiger partial charge in [-0.2, -0.15) is 0 Å². The highest BCUT2D eigenvalue weighted by molar-refractivity contribution is 5.85. The van der Waals surface area contributed by atoms with E-state index < -0.39 is 0 Å². The van der Waals surface area contributed by atoms with Crippen LogP contribution in [0.5, 0.6) is 0 Å². The zero-order valence-corrected chi connectivity index (χ0v) is 8.02. The molecule has 2 aromatic rings. The lowest BCUT2D eigenvalue weighted by Gasteiger charge is -1.94. The molecule has 1 aromatic heterocycles. The normalized spacial score (nSPS) is 10.7. The number of fused-ring (bicyclic) bond motifs is 1. The summed E-state index contributed by atoms with van der Waals surface area (Å²) in [6.07, 6.45) is 0.775. The Morgan fingerprint density at radius 3 is 2.43 bits per heavy atom. The Balaban J connectivity index is 2.96. The number of nitrogens with zero attached hydrogens (tertiary/aromatic N) is 2. The predicted octanol–water partition coefficient (Wildman–Crippen LogP) is 0.689. The van der Waals surface area contributed by atoms with Gasteiger partial charge in [0, 0.05) is 19.7 Å². The Kier molecular flexibility index (Phi) is 1.77. The van der Waals surface area contributed by atoms with Crippen LogP contribution in [-0.2, 0) is 14.1 Å². The van der Waals surface area contributed by atoms with Crippen molar-refractivity contribution in [1.82, 2.24) is 9.13 Å². The van der Waals surface area contributed by atoms with E-state index in [0.29, 0.717) is 5.56 Å². The van der Waals surface area contributed by atoms with Crippen LogP contribution >= 0.6 is 0 Å². The van der Waals surface area contributed by atoms with Crippen LogP contribution < -0.4 is 5.69 Å². The summed E-state index contributed by atoms with van der Waals surface area (Å²) in [5, 5.41) is 0. The summed E-state index contributed by atoms with van der Waals surface area (Å²) in [5.41, 5.74) is 2.12. The van der Waals surface area contributed by atoms with Gasteiger partial charge in [0.05, 0.1) is 11.0 Å². The molecule has 1 heterocycles. The molecule has 2 rings (SSSR count). The van der Waals surface area contributed by atoms with Crippen molar-refractivity contribution in [3.63, 3.8) is 0 Å². The molecular formula is C10H10N2O2. The van der Waals surface area contributed by atoms with Gasteiger partial charge in [0.1, 0.15) is 6.29 Å². The average Bonchev–Trinajstić information content (AvgIpc) is 2.44. The summed E-state index contributed by atoms with van der Waals surface area (Å²) in [4.78, 5) is 22.1. The van der Waals surface area contributed by atoms with E-state index in [0.717, 1.165) is 17.3 Å². The number of rotatable bonds is 1. The number of hydrogen-bond donors (Lipinski definition) is 0. The van der Waals surface area contributed by atoms with Crippen LogP contribution in [0, 0.1) is 0 Å². The zero-order chi connectivity index (χ0) is 10.3. The third-order valence-electron chi connectivity index (χ3n) is 2.43. The number of aryl methyl sites for hydroxylation is 2. The summed E-state index contributed by atoms with van der Waals surface area (Å²) < 4.78 is 3.09. The molecule has 0 fully saturated rings. The third-order valence-corrected chi connectivity index (χ3v) is 2.43. The molecule has 0 saturated heterocycles. The monoisotopic (exact) mass is 190 g/mol. The van der Waals surface area contributed by atoms with Gasteiger partial charge in [-0.3, -0.25) is 13.9 Å². The standard InChI is InChI=1S/C10H10N2O2/c1-11-8-4-3-7(6-13)5-9(8)12(2)10(11)14/h3-6H,1-2H3. The molecule has 4 nitrogen and oxygen atoms in total. The number of carbonyl (C=O) groups excluding carboxylic acids is 1. The molecule has 0 aliphatic rings. The van der Waals surface area contributed by atoms with E-state index in [4.69, 9.17) is 0 Å². The second-order valence-electron chi connectivity index (χ2n) is 3.27. The van der Waals surface area contributed by atoms with Crippen molar-refractivity contribution < 1.29 is 4.79 Å². The molecule has 0 atom stereocenters. The van der Waals surface area contributed by atoms with Crippen LogP contribution in [0.15, 0.2) is 23.0 Å². The molecule has 72 valence electrons. The van der Waals surface area contributed by atoms with Gasteiger partial charge in [-0.15, -0.1) is 0 Å². The molecule has 0 saturated carbocycles. The van der Waals surface area contributed by atoms with Crippen molar-refractivity contribution in [3.05, 3.63) is 34.2 Å². The minimum absolute atomic E-state index is 0.0805. The Morgan fingerprint density at radius 1 is 1.14 bits per heavy atom. The van der Waals surface area contributed by atoms with E-state index in [9.17, 15) is 9.59 Å². The average molecular weight is 190 g/mol. The van der Waals surface area contributed by atoms with Crippen LogP contribution in [0.3, 0.4) is 0 Å². The van der Waals surface area contributed by atoms with E-state index >= 15 is 0 Å². The summed E-state index contributed by atoms with van der Waals surface area (Å²) >= 11 is 0. The Bertz CT molecular complexity index is 563. The second kappa shape index (κ2) is 2.83. The molecule has 0 unspecified atom stereocenters. The number of carbonyl (C=O) groups is 1. The van der Waals surface area contributed by atoms with Crippen LogP contribution in [-0.4, -0.2) is 15.4 Å². The Hall–Kier alpha value is -1.84. The number of aldehydes is 1. The van der Waals surface area contributed by atoms with Gasteiger partial charge in [-0.1, -0.05) is 0 Å². The molecule has 1 aromatic carbocycles. The van der Waals surface area contributed by atoms with Crippen LogP contribution in [0.25, 0.3) is 11.0 Å². The van der Waals surface area contributed by atoms with Gasteiger partial charge in [-0.25, -0.2) is 4.79 Å². The topological polar surface area (TPSA) is 44.0 Å². The lowest BCUT2D eigenvalue weighted by Crippen LogP contribution is -2.19. The lowest BCUT2D eigenvalue weighted by atomic mass is 10.2. The van der Waals surface area contributed by atoms with Gasteiger partial charge in [0.25, 0.3) is 0 Å². The summed E-state index contributed by atoms with van der Waals surface area (Å²) in [6, 6.07) is 5.19. The third kappa shape index (κ3) is 1.00. The maximum absolute atomic E-state index is 11.5. The van der Waals surface area contributed by atoms with Gasteiger partial charge in [-0.05, 0) is 18.2 Å². The fourth-order valence-electron chi connectivity index (χ4n) is 1.60. The van der Waals surface area contributed by atoms with Gasteiger partial charge >= 0.3 is 5.69 Å². The Morgan fingerprint density at radius 2 is 1.79 bits per heavy atom. The Labute approximate surface area is 80.4 Å². The fraction of sp³-hybridized carbons (Fsp3) is 0.200. The molecule has 0 spiro atoms. The number of imidazole rings is 1. The van der Waals surface area contributed by atoms with E-state index in [-0.39, 0.29) is 5.69 Å². The van der Waals surface area contributed by atoms with Gasteiger partial charge in [0.15, 0.2) is 0 Å². The van der Waals surface area contributed by atoms with Gasteiger partial charge in [0.2, 0.25) is 0 Å². The molecular weight excluding hydrogens is 180 g/mol. The second-order valence-corrected chi connectivity index (χ2v) is 3.27. The maximum Gasteiger partial charge on any atom is 0.328 e. The van der Waals surface area contributed by atoms with Crippen LogP contribution in [0.1, 0.15) is 10.4 Å². The highest BCUT2D eigenvalue weighted by atomic mass is 16.1. The number of aromatic nitrogens is 2. The van der Waals surface area contributed by atoms with Gasteiger partial charge < -0.3 is 0 Å². The molecule has 4 heteroatoms. The zero-order valence-electron chi connectivity index (χ0n) is 8.02.